The van der Waals surface area contributed by atoms with Crippen molar-refractivity contribution >= 4 is 5.91 Å². The molecule has 1 saturated heterocycles. The van der Waals surface area contributed by atoms with Gasteiger partial charge in [-0.15, -0.1) is 0 Å². The maximum Gasteiger partial charge on any atom is 0.222 e. The van der Waals surface area contributed by atoms with Crippen molar-refractivity contribution < 1.29 is 4.79 Å². The van der Waals surface area contributed by atoms with Gasteiger partial charge in [0.1, 0.15) is 0 Å². The number of hydrogen-bond acceptors (Lipinski definition) is 2. The smallest absolute Gasteiger partial charge is 0.222 e. The summed E-state index contributed by atoms with van der Waals surface area (Å²) in [6.45, 7) is 5.49. The zero-order valence-electron chi connectivity index (χ0n) is 10.4. The molecule has 0 aliphatic carbocycles. The Bertz CT molecular complexity index is 372. The van der Waals surface area contributed by atoms with Gasteiger partial charge in [0.05, 0.1) is 0 Å². The number of aryl methyl sites for hydroxylation is 1. The summed E-state index contributed by atoms with van der Waals surface area (Å²) in [6, 6.07) is 8.41. The summed E-state index contributed by atoms with van der Waals surface area (Å²) in [6.07, 6.45) is 1.61. The van der Waals surface area contributed by atoms with Crippen LogP contribution in [0.15, 0.2) is 24.3 Å². The molecule has 0 spiro atoms. The normalized spacial score (nSPS) is 17.7. The highest BCUT2D eigenvalue weighted by molar-refractivity contribution is 5.76. The van der Waals surface area contributed by atoms with Gasteiger partial charge in [-0.3, -0.25) is 4.79 Å². The van der Waals surface area contributed by atoms with Gasteiger partial charge in [0, 0.05) is 26.1 Å². The molecule has 92 valence electrons. The topological polar surface area (TPSA) is 32.3 Å². The molecule has 3 heteroatoms. The van der Waals surface area contributed by atoms with Crippen molar-refractivity contribution in [2.45, 2.75) is 26.3 Å². The molecule has 1 heterocycles. The van der Waals surface area contributed by atoms with Gasteiger partial charge in [-0.2, -0.15) is 0 Å². The summed E-state index contributed by atoms with van der Waals surface area (Å²) >= 11 is 0. The lowest BCUT2D eigenvalue weighted by Crippen LogP contribution is -2.39. The average Bonchev–Trinajstić information content (AvgIpc) is 2.31. The highest BCUT2D eigenvalue weighted by atomic mass is 16.2. The minimum absolute atomic E-state index is 0.284. The fourth-order valence-electron chi connectivity index (χ4n) is 2.07. The lowest BCUT2D eigenvalue weighted by atomic mass is 10.1. The summed E-state index contributed by atoms with van der Waals surface area (Å²) in [7, 11) is 0. The average molecular weight is 232 g/mol. The van der Waals surface area contributed by atoms with Crippen LogP contribution >= 0.6 is 0 Å². The molecule has 1 amide bonds. The van der Waals surface area contributed by atoms with Gasteiger partial charge < -0.3 is 10.2 Å². The van der Waals surface area contributed by atoms with Gasteiger partial charge in [-0.05, 0) is 25.5 Å². The third-order valence-electron chi connectivity index (χ3n) is 3.15. The number of amides is 1. The minimum atomic E-state index is 0.284. The SMILES string of the molecule is Cc1ccc(CN2CCNCCCC2=O)cc1. The van der Waals surface area contributed by atoms with Crippen molar-refractivity contribution in [2.75, 3.05) is 19.6 Å². The summed E-state index contributed by atoms with van der Waals surface area (Å²) in [5, 5.41) is 3.34. The zero-order chi connectivity index (χ0) is 12.1. The molecule has 17 heavy (non-hydrogen) atoms. The van der Waals surface area contributed by atoms with E-state index in [2.05, 4.69) is 36.5 Å². The summed E-state index contributed by atoms with van der Waals surface area (Å²) < 4.78 is 0. The standard InChI is InChI=1S/C14H20N2O/c1-12-4-6-13(7-5-12)11-16-10-9-15-8-2-3-14(16)17/h4-7,15H,2-3,8-11H2,1H3. The van der Waals surface area contributed by atoms with E-state index in [0.29, 0.717) is 6.42 Å². The second kappa shape index (κ2) is 5.82. The molecule has 1 aromatic carbocycles. The lowest BCUT2D eigenvalue weighted by Gasteiger charge is -2.25. The van der Waals surface area contributed by atoms with Crippen molar-refractivity contribution in [2.24, 2.45) is 0 Å². The predicted octanol–water partition coefficient (Wildman–Crippen LogP) is 1.71. The molecule has 1 aromatic rings. The van der Waals surface area contributed by atoms with Crippen LogP contribution in [-0.4, -0.2) is 30.4 Å². The second-order valence-corrected chi connectivity index (χ2v) is 4.65. The van der Waals surface area contributed by atoms with Crippen LogP contribution in [0.25, 0.3) is 0 Å². The molecule has 0 bridgehead atoms. The molecule has 1 N–H and O–H groups in total. The highest BCUT2D eigenvalue weighted by Crippen LogP contribution is 2.09. The highest BCUT2D eigenvalue weighted by Gasteiger charge is 2.15. The molecule has 0 radical (unpaired) electrons. The molecule has 2 rings (SSSR count). The Morgan fingerprint density at radius 3 is 2.76 bits per heavy atom. The van der Waals surface area contributed by atoms with Gasteiger partial charge in [0.25, 0.3) is 0 Å². The molecule has 1 aliphatic rings. The Morgan fingerprint density at radius 2 is 2.00 bits per heavy atom. The first-order chi connectivity index (χ1) is 8.25. The number of benzene rings is 1. The largest absolute Gasteiger partial charge is 0.337 e. The van der Waals surface area contributed by atoms with Crippen LogP contribution in [0.3, 0.4) is 0 Å². The molecular weight excluding hydrogens is 212 g/mol. The van der Waals surface area contributed by atoms with Crippen LogP contribution in [0.1, 0.15) is 24.0 Å². The van der Waals surface area contributed by atoms with Crippen LogP contribution in [0.2, 0.25) is 0 Å². The Labute approximate surface area is 103 Å². The third-order valence-corrected chi connectivity index (χ3v) is 3.15. The van der Waals surface area contributed by atoms with Gasteiger partial charge in [-0.1, -0.05) is 29.8 Å². The second-order valence-electron chi connectivity index (χ2n) is 4.65. The maximum absolute atomic E-state index is 11.9. The van der Waals surface area contributed by atoms with E-state index in [1.165, 1.54) is 11.1 Å². The number of nitrogens with one attached hydrogen (secondary N) is 1. The van der Waals surface area contributed by atoms with E-state index in [9.17, 15) is 4.79 Å². The number of hydrogen-bond donors (Lipinski definition) is 1. The van der Waals surface area contributed by atoms with Crippen LogP contribution in [0.4, 0.5) is 0 Å². The van der Waals surface area contributed by atoms with Crippen LogP contribution < -0.4 is 5.32 Å². The van der Waals surface area contributed by atoms with Crippen molar-refractivity contribution in [3.63, 3.8) is 0 Å². The minimum Gasteiger partial charge on any atom is -0.337 e. The van der Waals surface area contributed by atoms with Crippen molar-refractivity contribution in [1.82, 2.24) is 10.2 Å². The van der Waals surface area contributed by atoms with E-state index in [1.807, 2.05) is 4.90 Å². The quantitative estimate of drug-likeness (QED) is 0.842. The van der Waals surface area contributed by atoms with E-state index in [4.69, 9.17) is 0 Å². The number of carbonyl (C=O) groups is 1. The number of carbonyl (C=O) groups excluding carboxylic acids is 1. The Morgan fingerprint density at radius 1 is 1.24 bits per heavy atom. The van der Waals surface area contributed by atoms with Crippen LogP contribution in [0, 0.1) is 6.92 Å². The van der Waals surface area contributed by atoms with E-state index < -0.39 is 0 Å². The number of nitrogens with zero attached hydrogens (tertiary/aromatic N) is 1. The molecule has 0 aromatic heterocycles. The fourth-order valence-corrected chi connectivity index (χ4v) is 2.07. The van der Waals surface area contributed by atoms with E-state index in [0.717, 1.165) is 32.6 Å². The molecular formula is C14H20N2O. The zero-order valence-corrected chi connectivity index (χ0v) is 10.4. The molecule has 0 atom stereocenters. The van der Waals surface area contributed by atoms with Crippen LogP contribution in [-0.2, 0) is 11.3 Å². The Kier molecular flexibility index (Phi) is 4.15. The van der Waals surface area contributed by atoms with E-state index in [1.54, 1.807) is 0 Å². The molecule has 1 fully saturated rings. The predicted molar refractivity (Wildman–Crippen MR) is 68.7 cm³/mol. The molecule has 1 aliphatic heterocycles. The van der Waals surface area contributed by atoms with Gasteiger partial charge in [0.2, 0.25) is 5.91 Å². The van der Waals surface area contributed by atoms with Crippen molar-refractivity contribution in [3.8, 4) is 0 Å². The van der Waals surface area contributed by atoms with Gasteiger partial charge in [-0.25, -0.2) is 0 Å². The van der Waals surface area contributed by atoms with E-state index >= 15 is 0 Å². The lowest BCUT2D eigenvalue weighted by molar-refractivity contribution is -0.132. The van der Waals surface area contributed by atoms with Gasteiger partial charge >= 0.3 is 0 Å². The first kappa shape index (κ1) is 12.1. The summed E-state index contributed by atoms with van der Waals surface area (Å²) in [5.74, 6) is 0.284. The molecule has 0 unspecified atom stereocenters. The monoisotopic (exact) mass is 232 g/mol. The first-order valence-electron chi connectivity index (χ1n) is 6.30. The van der Waals surface area contributed by atoms with Crippen molar-refractivity contribution in [1.29, 1.82) is 0 Å². The number of rotatable bonds is 2. The first-order valence-corrected chi connectivity index (χ1v) is 6.30. The van der Waals surface area contributed by atoms with Gasteiger partial charge in [0.15, 0.2) is 0 Å². The van der Waals surface area contributed by atoms with Crippen molar-refractivity contribution in [3.05, 3.63) is 35.4 Å². The summed E-state index contributed by atoms with van der Waals surface area (Å²) in [5.41, 5.74) is 2.47. The molecule has 3 nitrogen and oxygen atoms in total. The molecule has 0 saturated carbocycles. The third kappa shape index (κ3) is 3.56. The Hall–Kier alpha value is -1.35. The van der Waals surface area contributed by atoms with E-state index in [-0.39, 0.29) is 5.91 Å². The van der Waals surface area contributed by atoms with Crippen LogP contribution in [0.5, 0.6) is 0 Å². The maximum atomic E-state index is 11.9. The fraction of sp³-hybridized carbons (Fsp3) is 0.500. The Balaban J connectivity index is 1.99. The summed E-state index contributed by atoms with van der Waals surface area (Å²) in [4.78, 5) is 13.9.